The van der Waals surface area contributed by atoms with Crippen LogP contribution in [-0.4, -0.2) is 39.9 Å². The van der Waals surface area contributed by atoms with Crippen molar-refractivity contribution in [1.82, 2.24) is 15.4 Å². The Hall–Kier alpha value is -2.37. The molecule has 0 spiro atoms. The van der Waals surface area contributed by atoms with E-state index in [0.29, 0.717) is 0 Å². The Labute approximate surface area is 161 Å². The zero-order chi connectivity index (χ0) is 20.5. The number of benzene rings is 1. The van der Waals surface area contributed by atoms with Crippen LogP contribution in [0.2, 0.25) is 0 Å². The Morgan fingerprint density at radius 2 is 1.56 bits per heavy atom. The van der Waals surface area contributed by atoms with Gasteiger partial charge in [0.2, 0.25) is 21.8 Å². The number of hydrogen-bond donors (Lipinski definition) is 3. The molecule has 0 aliphatic heterocycles. The smallest absolute Gasteiger partial charge is 0.240 e. The van der Waals surface area contributed by atoms with Crippen molar-refractivity contribution in [1.29, 1.82) is 0 Å². The van der Waals surface area contributed by atoms with Gasteiger partial charge in [-0.25, -0.2) is 13.1 Å². The van der Waals surface area contributed by atoms with E-state index in [1.54, 1.807) is 24.3 Å². The standard InChI is InChI=1S/C19H27N3O4S/c1-5-12-20-17(23)10-13-21-18(24)11-14-22-27(25,26)16-8-6-15(7-9-16)19(2,3)4/h1,6-9,22H,10-14H2,2-4H3,(H,20,23)(H,21,24). The van der Waals surface area contributed by atoms with Gasteiger partial charge in [0.25, 0.3) is 0 Å². The van der Waals surface area contributed by atoms with Gasteiger partial charge in [-0.15, -0.1) is 6.42 Å². The van der Waals surface area contributed by atoms with Crippen molar-refractivity contribution in [3.05, 3.63) is 29.8 Å². The summed E-state index contributed by atoms with van der Waals surface area (Å²) in [7, 11) is -3.68. The first-order valence-electron chi connectivity index (χ1n) is 8.63. The molecule has 148 valence electrons. The Balaban J connectivity index is 2.41. The van der Waals surface area contributed by atoms with E-state index in [0.717, 1.165) is 5.56 Å². The monoisotopic (exact) mass is 393 g/mol. The topological polar surface area (TPSA) is 104 Å². The van der Waals surface area contributed by atoms with Crippen LogP contribution in [0.3, 0.4) is 0 Å². The number of carbonyl (C=O) groups excluding carboxylic acids is 2. The van der Waals surface area contributed by atoms with Gasteiger partial charge < -0.3 is 10.6 Å². The molecule has 3 N–H and O–H groups in total. The minimum Gasteiger partial charge on any atom is -0.356 e. The molecule has 1 rings (SSSR count). The van der Waals surface area contributed by atoms with Crippen molar-refractivity contribution in [3.8, 4) is 12.3 Å². The van der Waals surface area contributed by atoms with Crippen molar-refractivity contribution in [2.24, 2.45) is 0 Å². The molecule has 7 nitrogen and oxygen atoms in total. The van der Waals surface area contributed by atoms with Gasteiger partial charge in [-0.3, -0.25) is 9.59 Å². The van der Waals surface area contributed by atoms with E-state index in [1.165, 1.54) is 0 Å². The van der Waals surface area contributed by atoms with E-state index in [-0.39, 0.29) is 54.6 Å². The molecule has 0 atom stereocenters. The van der Waals surface area contributed by atoms with Crippen LogP contribution in [0.25, 0.3) is 0 Å². The summed E-state index contributed by atoms with van der Waals surface area (Å²) < 4.78 is 26.9. The highest BCUT2D eigenvalue weighted by atomic mass is 32.2. The number of rotatable bonds is 9. The van der Waals surface area contributed by atoms with E-state index in [1.807, 2.05) is 20.8 Å². The van der Waals surface area contributed by atoms with Gasteiger partial charge in [0, 0.05) is 25.9 Å². The molecule has 0 aliphatic rings. The van der Waals surface area contributed by atoms with Gasteiger partial charge in [0.05, 0.1) is 11.4 Å². The van der Waals surface area contributed by atoms with Crippen LogP contribution < -0.4 is 15.4 Å². The van der Waals surface area contributed by atoms with Gasteiger partial charge >= 0.3 is 0 Å². The van der Waals surface area contributed by atoms with E-state index in [4.69, 9.17) is 6.42 Å². The molecule has 0 bridgehead atoms. The molecule has 0 heterocycles. The fourth-order valence-electron chi connectivity index (χ4n) is 2.16. The third-order valence-corrected chi connectivity index (χ3v) is 5.21. The summed E-state index contributed by atoms with van der Waals surface area (Å²) in [6.07, 6.45) is 5.11. The fourth-order valence-corrected chi connectivity index (χ4v) is 3.19. The molecule has 1 aromatic rings. The van der Waals surface area contributed by atoms with Gasteiger partial charge in [-0.05, 0) is 23.1 Å². The van der Waals surface area contributed by atoms with Gasteiger partial charge in [0.15, 0.2) is 0 Å². The molecule has 0 aliphatic carbocycles. The Kier molecular flexibility index (Phi) is 8.47. The predicted molar refractivity (Wildman–Crippen MR) is 104 cm³/mol. The molecule has 0 saturated heterocycles. The maximum Gasteiger partial charge on any atom is 0.240 e. The van der Waals surface area contributed by atoms with E-state index >= 15 is 0 Å². The lowest BCUT2D eigenvalue weighted by atomic mass is 9.87. The summed E-state index contributed by atoms with van der Waals surface area (Å²) in [5.74, 6) is 1.68. The van der Waals surface area contributed by atoms with Crippen LogP contribution in [0.4, 0.5) is 0 Å². The maximum atomic E-state index is 12.3. The molecule has 0 saturated carbocycles. The highest BCUT2D eigenvalue weighted by molar-refractivity contribution is 7.89. The van der Waals surface area contributed by atoms with Crippen molar-refractivity contribution in [3.63, 3.8) is 0 Å². The molecular formula is C19H27N3O4S. The average Bonchev–Trinajstić information content (AvgIpc) is 2.59. The SMILES string of the molecule is C#CCNC(=O)CCNC(=O)CCNS(=O)(=O)c1ccc(C(C)(C)C)cc1. The van der Waals surface area contributed by atoms with E-state index in [2.05, 4.69) is 21.3 Å². The van der Waals surface area contributed by atoms with Gasteiger partial charge in [0.1, 0.15) is 0 Å². The number of terminal acetylenes is 1. The number of sulfonamides is 1. The van der Waals surface area contributed by atoms with Crippen molar-refractivity contribution in [2.45, 2.75) is 43.9 Å². The first kappa shape index (κ1) is 22.7. The first-order chi connectivity index (χ1) is 12.6. The quantitative estimate of drug-likeness (QED) is 0.542. The van der Waals surface area contributed by atoms with Crippen LogP contribution in [0, 0.1) is 12.3 Å². The highest BCUT2D eigenvalue weighted by Crippen LogP contribution is 2.23. The lowest BCUT2D eigenvalue weighted by Gasteiger charge is -2.19. The van der Waals surface area contributed by atoms with Gasteiger partial charge in [-0.1, -0.05) is 38.8 Å². The second-order valence-corrected chi connectivity index (χ2v) is 8.77. The van der Waals surface area contributed by atoms with Crippen LogP contribution in [-0.2, 0) is 25.0 Å². The van der Waals surface area contributed by atoms with Gasteiger partial charge in [-0.2, -0.15) is 0 Å². The van der Waals surface area contributed by atoms with Crippen LogP contribution >= 0.6 is 0 Å². The Morgan fingerprint density at radius 1 is 1.00 bits per heavy atom. The van der Waals surface area contributed by atoms with Crippen LogP contribution in [0.15, 0.2) is 29.2 Å². The summed E-state index contributed by atoms with van der Waals surface area (Å²) >= 11 is 0. The third-order valence-electron chi connectivity index (χ3n) is 3.74. The zero-order valence-electron chi connectivity index (χ0n) is 16.0. The maximum absolute atomic E-state index is 12.3. The fraction of sp³-hybridized carbons (Fsp3) is 0.474. The van der Waals surface area contributed by atoms with Crippen LogP contribution in [0.5, 0.6) is 0 Å². The molecule has 8 heteroatoms. The average molecular weight is 394 g/mol. The van der Waals surface area contributed by atoms with Crippen LogP contribution in [0.1, 0.15) is 39.2 Å². The molecule has 2 amide bonds. The number of nitrogens with one attached hydrogen (secondary N) is 3. The second kappa shape index (κ2) is 10.1. The summed E-state index contributed by atoms with van der Waals surface area (Å²) in [6, 6.07) is 6.68. The second-order valence-electron chi connectivity index (χ2n) is 7.00. The number of hydrogen-bond acceptors (Lipinski definition) is 4. The Morgan fingerprint density at radius 3 is 2.11 bits per heavy atom. The number of carbonyl (C=O) groups is 2. The lowest BCUT2D eigenvalue weighted by Crippen LogP contribution is -2.33. The number of amides is 2. The van der Waals surface area contributed by atoms with E-state index < -0.39 is 10.0 Å². The molecular weight excluding hydrogens is 366 g/mol. The van der Waals surface area contributed by atoms with Crippen molar-refractivity contribution < 1.29 is 18.0 Å². The van der Waals surface area contributed by atoms with Crippen molar-refractivity contribution in [2.75, 3.05) is 19.6 Å². The minimum atomic E-state index is -3.68. The Bertz CT molecular complexity index is 788. The highest BCUT2D eigenvalue weighted by Gasteiger charge is 2.17. The largest absolute Gasteiger partial charge is 0.356 e. The normalized spacial score (nSPS) is 11.5. The lowest BCUT2D eigenvalue weighted by molar-refractivity contribution is -0.122. The first-order valence-corrected chi connectivity index (χ1v) is 10.1. The summed E-state index contributed by atoms with van der Waals surface area (Å²) in [5, 5.41) is 5.04. The predicted octanol–water partition coefficient (Wildman–Crippen LogP) is 0.908. The molecule has 0 radical (unpaired) electrons. The summed E-state index contributed by atoms with van der Waals surface area (Å²) in [6.45, 7) is 6.42. The summed E-state index contributed by atoms with van der Waals surface area (Å²) in [5.41, 5.74) is 0.970. The molecule has 1 aromatic carbocycles. The molecule has 0 unspecified atom stereocenters. The summed E-state index contributed by atoms with van der Waals surface area (Å²) in [4.78, 5) is 23.2. The minimum absolute atomic E-state index is 0.0225. The molecule has 27 heavy (non-hydrogen) atoms. The third kappa shape index (κ3) is 8.24. The van der Waals surface area contributed by atoms with Crippen molar-refractivity contribution >= 4 is 21.8 Å². The van der Waals surface area contributed by atoms with E-state index in [9.17, 15) is 18.0 Å². The molecule has 0 aromatic heterocycles. The zero-order valence-corrected chi connectivity index (χ0v) is 16.8. The molecule has 0 fully saturated rings.